The Kier molecular flexibility index (Phi) is 8.02. The van der Waals surface area contributed by atoms with Gasteiger partial charge in [-0.3, -0.25) is 14.9 Å². The molecule has 0 spiro atoms. The Hall–Kier alpha value is -3.35. The Morgan fingerprint density at radius 1 is 0.893 bits per heavy atom. The smallest absolute Gasteiger partial charge is 0.321 e. The Morgan fingerprint density at radius 3 is 2.21 bits per heavy atom. The lowest BCUT2D eigenvalue weighted by Crippen LogP contribution is -2.41. The number of nitrogens with zero attached hydrogens (tertiary/aromatic N) is 1. The van der Waals surface area contributed by atoms with Gasteiger partial charge in [-0.05, 0) is 31.5 Å². The molecule has 0 fully saturated rings. The van der Waals surface area contributed by atoms with Gasteiger partial charge < -0.3 is 15.5 Å². The third kappa shape index (κ3) is 6.12. The first-order valence-corrected chi connectivity index (χ1v) is 9.28. The van der Waals surface area contributed by atoms with E-state index in [1.165, 1.54) is 0 Å². The molecule has 0 aliphatic heterocycles. The molecule has 0 saturated carbocycles. The zero-order valence-electron chi connectivity index (χ0n) is 16.2. The van der Waals surface area contributed by atoms with Crippen LogP contribution in [-0.2, 0) is 11.3 Å². The van der Waals surface area contributed by atoms with Gasteiger partial charge in [0.1, 0.15) is 0 Å². The van der Waals surface area contributed by atoms with E-state index in [4.69, 9.17) is 0 Å². The van der Waals surface area contributed by atoms with Crippen LogP contribution in [0.25, 0.3) is 0 Å². The molecule has 0 aliphatic carbocycles. The van der Waals surface area contributed by atoms with E-state index in [1.54, 1.807) is 29.2 Å². The summed E-state index contributed by atoms with van der Waals surface area (Å²) in [6, 6.07) is 15.9. The third-order valence-electron chi connectivity index (χ3n) is 4.20. The quantitative estimate of drug-likeness (QED) is 0.655. The van der Waals surface area contributed by atoms with Gasteiger partial charge in [-0.25, -0.2) is 4.79 Å². The van der Waals surface area contributed by atoms with Crippen LogP contribution in [0.15, 0.2) is 54.6 Å². The molecule has 0 aliphatic rings. The van der Waals surface area contributed by atoms with Gasteiger partial charge in [-0.2, -0.15) is 0 Å². The van der Waals surface area contributed by atoms with Crippen molar-refractivity contribution < 1.29 is 14.4 Å². The standard InChI is InChI=1S/C21H26N4O3/c1-3-25(4-2)20(27)17-12-8-9-13-18(17)22-15-19(26)24-21(28)23-14-16-10-6-5-7-11-16/h5-13,22H,3-4,14-15H2,1-2H3,(H2,23,24,26,28). The van der Waals surface area contributed by atoms with Gasteiger partial charge in [0, 0.05) is 25.3 Å². The lowest BCUT2D eigenvalue weighted by molar-refractivity contribution is -0.118. The number of imide groups is 1. The molecule has 0 saturated heterocycles. The van der Waals surface area contributed by atoms with Crippen LogP contribution in [0.5, 0.6) is 0 Å². The summed E-state index contributed by atoms with van der Waals surface area (Å²) in [6.45, 7) is 5.24. The Bertz CT molecular complexity index is 804. The van der Waals surface area contributed by atoms with Crippen molar-refractivity contribution in [3.05, 3.63) is 65.7 Å². The summed E-state index contributed by atoms with van der Waals surface area (Å²) < 4.78 is 0. The van der Waals surface area contributed by atoms with Crippen LogP contribution in [0.3, 0.4) is 0 Å². The maximum absolute atomic E-state index is 12.6. The maximum atomic E-state index is 12.6. The average Bonchev–Trinajstić information content (AvgIpc) is 2.72. The summed E-state index contributed by atoms with van der Waals surface area (Å²) in [4.78, 5) is 38.2. The predicted octanol–water partition coefficient (Wildman–Crippen LogP) is 2.61. The van der Waals surface area contributed by atoms with Gasteiger partial charge in [-0.15, -0.1) is 0 Å². The van der Waals surface area contributed by atoms with E-state index >= 15 is 0 Å². The van der Waals surface area contributed by atoms with E-state index in [-0.39, 0.29) is 12.5 Å². The second-order valence-electron chi connectivity index (χ2n) is 6.09. The van der Waals surface area contributed by atoms with Crippen LogP contribution in [-0.4, -0.2) is 42.4 Å². The molecule has 2 rings (SSSR count). The molecular formula is C21H26N4O3. The molecule has 7 nitrogen and oxygen atoms in total. The van der Waals surface area contributed by atoms with Crippen LogP contribution in [0.2, 0.25) is 0 Å². The van der Waals surface area contributed by atoms with E-state index < -0.39 is 11.9 Å². The first-order valence-electron chi connectivity index (χ1n) is 9.28. The summed E-state index contributed by atoms with van der Waals surface area (Å²) in [7, 11) is 0. The SMILES string of the molecule is CCN(CC)C(=O)c1ccccc1NCC(=O)NC(=O)NCc1ccccc1. The zero-order valence-corrected chi connectivity index (χ0v) is 16.2. The monoisotopic (exact) mass is 382 g/mol. The number of urea groups is 1. The largest absolute Gasteiger partial charge is 0.375 e. The molecule has 148 valence electrons. The summed E-state index contributed by atoms with van der Waals surface area (Å²) in [5, 5.41) is 7.83. The van der Waals surface area contributed by atoms with E-state index in [0.29, 0.717) is 30.9 Å². The molecule has 28 heavy (non-hydrogen) atoms. The van der Waals surface area contributed by atoms with Crippen LogP contribution < -0.4 is 16.0 Å². The second kappa shape index (κ2) is 10.7. The molecule has 2 aromatic rings. The number of amides is 4. The number of rotatable bonds is 8. The number of para-hydroxylation sites is 1. The summed E-state index contributed by atoms with van der Waals surface area (Å²) in [6.07, 6.45) is 0. The fourth-order valence-electron chi connectivity index (χ4n) is 2.67. The van der Waals surface area contributed by atoms with Gasteiger partial charge in [0.15, 0.2) is 0 Å². The van der Waals surface area contributed by atoms with Gasteiger partial charge in [0.25, 0.3) is 5.91 Å². The average molecular weight is 382 g/mol. The van der Waals surface area contributed by atoms with Crippen LogP contribution in [0.1, 0.15) is 29.8 Å². The van der Waals surface area contributed by atoms with E-state index in [1.807, 2.05) is 44.2 Å². The van der Waals surface area contributed by atoms with E-state index in [9.17, 15) is 14.4 Å². The van der Waals surface area contributed by atoms with Crippen LogP contribution >= 0.6 is 0 Å². The molecule has 0 bridgehead atoms. The molecule has 0 unspecified atom stereocenters. The van der Waals surface area contributed by atoms with Crippen molar-refractivity contribution in [1.82, 2.24) is 15.5 Å². The first-order chi connectivity index (χ1) is 13.5. The number of anilines is 1. The maximum Gasteiger partial charge on any atom is 0.321 e. The minimum Gasteiger partial charge on any atom is -0.375 e. The summed E-state index contributed by atoms with van der Waals surface area (Å²) in [5.74, 6) is -0.593. The predicted molar refractivity (Wildman–Crippen MR) is 109 cm³/mol. The number of nitrogens with one attached hydrogen (secondary N) is 3. The van der Waals surface area contributed by atoms with E-state index in [2.05, 4.69) is 16.0 Å². The van der Waals surface area contributed by atoms with Crippen molar-refractivity contribution >= 4 is 23.5 Å². The number of hydrogen-bond acceptors (Lipinski definition) is 4. The van der Waals surface area contributed by atoms with Crippen molar-refractivity contribution in [1.29, 1.82) is 0 Å². The third-order valence-corrected chi connectivity index (χ3v) is 4.20. The Balaban J connectivity index is 1.87. The highest BCUT2D eigenvalue weighted by molar-refractivity contribution is 6.01. The molecule has 4 amide bonds. The Morgan fingerprint density at radius 2 is 1.54 bits per heavy atom. The second-order valence-corrected chi connectivity index (χ2v) is 6.09. The number of carbonyl (C=O) groups is 3. The molecule has 3 N–H and O–H groups in total. The zero-order chi connectivity index (χ0) is 20.4. The number of benzene rings is 2. The van der Waals surface area contributed by atoms with Gasteiger partial charge >= 0.3 is 6.03 Å². The molecule has 0 radical (unpaired) electrons. The topological polar surface area (TPSA) is 90.5 Å². The van der Waals surface area contributed by atoms with Crippen molar-refractivity contribution in [2.24, 2.45) is 0 Å². The molecule has 2 aromatic carbocycles. The van der Waals surface area contributed by atoms with Gasteiger partial charge in [0.2, 0.25) is 5.91 Å². The van der Waals surface area contributed by atoms with E-state index in [0.717, 1.165) is 5.56 Å². The minimum absolute atomic E-state index is 0.103. The fourth-order valence-corrected chi connectivity index (χ4v) is 2.67. The van der Waals surface area contributed by atoms with Gasteiger partial charge in [-0.1, -0.05) is 42.5 Å². The fraction of sp³-hybridized carbons (Fsp3) is 0.286. The normalized spacial score (nSPS) is 10.1. The lowest BCUT2D eigenvalue weighted by Gasteiger charge is -2.20. The highest BCUT2D eigenvalue weighted by atomic mass is 16.2. The van der Waals surface area contributed by atoms with Crippen molar-refractivity contribution in [3.8, 4) is 0 Å². The van der Waals surface area contributed by atoms with Crippen molar-refractivity contribution in [2.75, 3.05) is 25.0 Å². The first kappa shape index (κ1) is 21.0. The highest BCUT2D eigenvalue weighted by Crippen LogP contribution is 2.17. The molecule has 0 atom stereocenters. The molecular weight excluding hydrogens is 356 g/mol. The Labute approximate surface area is 165 Å². The van der Waals surface area contributed by atoms with Crippen LogP contribution in [0.4, 0.5) is 10.5 Å². The highest BCUT2D eigenvalue weighted by Gasteiger charge is 2.16. The van der Waals surface area contributed by atoms with Crippen molar-refractivity contribution in [2.45, 2.75) is 20.4 Å². The number of carbonyl (C=O) groups excluding carboxylic acids is 3. The molecule has 7 heteroatoms. The molecule has 0 heterocycles. The van der Waals surface area contributed by atoms with Crippen molar-refractivity contribution in [3.63, 3.8) is 0 Å². The summed E-state index contributed by atoms with van der Waals surface area (Å²) >= 11 is 0. The van der Waals surface area contributed by atoms with Gasteiger partial charge in [0.05, 0.1) is 12.1 Å². The minimum atomic E-state index is -0.567. The molecule has 0 aromatic heterocycles. The summed E-state index contributed by atoms with van der Waals surface area (Å²) in [5.41, 5.74) is 1.99. The number of hydrogen-bond donors (Lipinski definition) is 3. The van der Waals surface area contributed by atoms with Crippen LogP contribution in [0, 0.1) is 0 Å². The lowest BCUT2D eigenvalue weighted by atomic mass is 10.1.